The van der Waals surface area contributed by atoms with Crippen LogP contribution in [0.1, 0.15) is 12.0 Å². The van der Waals surface area contributed by atoms with E-state index in [1.54, 1.807) is 34.2 Å². The maximum Gasteiger partial charge on any atom is 0.416 e. The molecule has 2 saturated heterocycles. The quantitative estimate of drug-likeness (QED) is 0.700. The smallest absolute Gasteiger partial charge is 0.320 e. The highest BCUT2D eigenvalue weighted by Gasteiger charge is 2.42. The Bertz CT molecular complexity index is 1040. The van der Waals surface area contributed by atoms with Crippen LogP contribution in [0, 0.1) is 0 Å². The lowest BCUT2D eigenvalue weighted by Gasteiger charge is -2.46. The number of fused-ring (bicyclic) bond motifs is 1. The number of rotatable bonds is 3. The topological polar surface area (TPSA) is 69.7 Å². The van der Waals surface area contributed by atoms with Gasteiger partial charge in [-0.15, -0.1) is 11.3 Å². The van der Waals surface area contributed by atoms with Gasteiger partial charge in [0.1, 0.15) is 4.21 Å². The first-order chi connectivity index (χ1) is 14.7. The summed E-state index contributed by atoms with van der Waals surface area (Å²) in [6.07, 6.45) is -4.02. The molecule has 12 heteroatoms. The van der Waals surface area contributed by atoms with Crippen LogP contribution in [0.25, 0.3) is 0 Å². The average Bonchev–Trinajstić information content (AvgIpc) is 3.28. The molecule has 0 aliphatic carbocycles. The van der Waals surface area contributed by atoms with E-state index in [-0.39, 0.29) is 23.5 Å². The molecule has 2 aromatic rings. The van der Waals surface area contributed by atoms with E-state index in [1.165, 1.54) is 27.8 Å². The normalized spacial score (nSPS) is 22.7. The highest BCUT2D eigenvalue weighted by Crippen LogP contribution is 2.35. The first-order valence-corrected chi connectivity index (χ1v) is 12.9. The van der Waals surface area contributed by atoms with Crippen molar-refractivity contribution < 1.29 is 26.4 Å². The minimum absolute atomic E-state index is 0.0762. The summed E-state index contributed by atoms with van der Waals surface area (Å²) < 4.78 is 66.2. The van der Waals surface area contributed by atoms with Gasteiger partial charge in [0.25, 0.3) is 10.0 Å². The van der Waals surface area contributed by atoms with Crippen LogP contribution in [0.2, 0.25) is 0 Å². The molecular formula is C19H20F3N3O3S3. The van der Waals surface area contributed by atoms with E-state index < -0.39 is 27.8 Å². The van der Waals surface area contributed by atoms with Gasteiger partial charge < -0.3 is 10.2 Å². The number of thioether (sulfide) groups is 1. The van der Waals surface area contributed by atoms with Gasteiger partial charge in [-0.1, -0.05) is 12.1 Å². The Morgan fingerprint density at radius 3 is 2.68 bits per heavy atom. The maximum atomic E-state index is 12.9. The highest BCUT2D eigenvalue weighted by molar-refractivity contribution is 8.00. The number of thiophene rings is 1. The number of sulfonamides is 1. The van der Waals surface area contributed by atoms with Crippen molar-refractivity contribution in [3.05, 3.63) is 47.3 Å². The van der Waals surface area contributed by atoms with Crippen LogP contribution < -0.4 is 5.32 Å². The lowest BCUT2D eigenvalue weighted by molar-refractivity contribution is -0.137. The van der Waals surface area contributed by atoms with Crippen molar-refractivity contribution in [1.29, 1.82) is 0 Å². The fraction of sp³-hybridized carbons (Fsp3) is 0.421. The molecule has 2 atom stereocenters. The molecule has 3 heterocycles. The molecule has 1 N–H and O–H groups in total. The molecule has 2 fully saturated rings. The summed E-state index contributed by atoms with van der Waals surface area (Å²) in [7, 11) is -3.56. The van der Waals surface area contributed by atoms with Gasteiger partial charge in [0, 0.05) is 42.4 Å². The molecule has 2 aliphatic heterocycles. The van der Waals surface area contributed by atoms with Gasteiger partial charge in [0.15, 0.2) is 0 Å². The van der Waals surface area contributed by atoms with Gasteiger partial charge in [0.05, 0.1) is 5.56 Å². The zero-order chi connectivity index (χ0) is 22.2. The number of anilines is 1. The third-order valence-corrected chi connectivity index (χ3v) is 9.89. The Balaban J connectivity index is 1.45. The number of hydrogen-bond donors (Lipinski definition) is 1. The van der Waals surface area contributed by atoms with E-state index >= 15 is 0 Å². The molecule has 0 spiro atoms. The molecule has 6 nitrogen and oxygen atoms in total. The predicted molar refractivity (Wildman–Crippen MR) is 115 cm³/mol. The average molecular weight is 492 g/mol. The monoisotopic (exact) mass is 491 g/mol. The van der Waals surface area contributed by atoms with Gasteiger partial charge in [-0.3, -0.25) is 0 Å². The molecule has 31 heavy (non-hydrogen) atoms. The summed E-state index contributed by atoms with van der Waals surface area (Å²) in [6, 6.07) is 7.15. The van der Waals surface area contributed by atoms with Gasteiger partial charge in [0.2, 0.25) is 0 Å². The van der Waals surface area contributed by atoms with Crippen molar-refractivity contribution in [2.75, 3.05) is 30.7 Å². The van der Waals surface area contributed by atoms with Crippen molar-refractivity contribution in [2.45, 2.75) is 28.1 Å². The van der Waals surface area contributed by atoms with Crippen LogP contribution in [0.3, 0.4) is 0 Å². The van der Waals surface area contributed by atoms with E-state index in [9.17, 15) is 26.4 Å². The first kappa shape index (κ1) is 22.4. The van der Waals surface area contributed by atoms with Crippen LogP contribution in [0.5, 0.6) is 0 Å². The molecular weight excluding hydrogens is 471 g/mol. The number of nitrogens with one attached hydrogen (secondary N) is 1. The summed E-state index contributed by atoms with van der Waals surface area (Å²) in [5.41, 5.74) is -0.753. The number of piperidine rings is 1. The Morgan fingerprint density at radius 2 is 1.97 bits per heavy atom. The Hall–Kier alpha value is -1.76. The van der Waals surface area contributed by atoms with Crippen molar-refractivity contribution in [3.8, 4) is 0 Å². The second-order valence-electron chi connectivity index (χ2n) is 7.26. The van der Waals surface area contributed by atoms with Crippen LogP contribution in [0.15, 0.2) is 46.0 Å². The first-order valence-electron chi connectivity index (χ1n) is 9.56. The second kappa shape index (κ2) is 8.64. The Labute approximate surface area is 186 Å². The fourth-order valence-corrected chi connectivity index (χ4v) is 7.96. The standard InChI is InChI=1S/C19H20F3N3O3S3/c20-19(21,22)13-3-1-4-14(11-13)23-18(26)25-8-10-29-16-12-24(7-6-15(16)25)31(27,28)17-5-2-9-30-17/h1-5,9,11,15-16H,6-8,10,12H2,(H,23,26). The molecule has 0 bridgehead atoms. The number of halogens is 3. The third-order valence-electron chi connectivity index (χ3n) is 5.34. The number of benzene rings is 1. The number of alkyl halides is 3. The van der Waals surface area contributed by atoms with Gasteiger partial charge in [-0.05, 0) is 36.1 Å². The van der Waals surface area contributed by atoms with Crippen molar-refractivity contribution in [1.82, 2.24) is 9.21 Å². The number of nitrogens with zero attached hydrogens (tertiary/aromatic N) is 2. The summed E-state index contributed by atoms with van der Waals surface area (Å²) in [5, 5.41) is 4.19. The van der Waals surface area contributed by atoms with Crippen molar-refractivity contribution >= 4 is 44.8 Å². The van der Waals surface area contributed by atoms with E-state index in [0.29, 0.717) is 29.5 Å². The summed E-state index contributed by atoms with van der Waals surface area (Å²) >= 11 is 2.80. The number of urea groups is 1. The number of amides is 2. The largest absolute Gasteiger partial charge is 0.416 e. The van der Waals surface area contributed by atoms with E-state index in [0.717, 1.165) is 12.1 Å². The molecule has 0 radical (unpaired) electrons. The fourth-order valence-electron chi connectivity index (χ4n) is 3.84. The van der Waals surface area contributed by atoms with Crippen LogP contribution in [-0.4, -0.2) is 60.3 Å². The van der Waals surface area contributed by atoms with Crippen molar-refractivity contribution in [2.24, 2.45) is 0 Å². The van der Waals surface area contributed by atoms with Crippen LogP contribution in [-0.2, 0) is 16.2 Å². The SMILES string of the molecule is O=C(Nc1cccc(C(F)(F)F)c1)N1CCSC2CN(S(=O)(=O)c3cccs3)CCC21. The maximum absolute atomic E-state index is 12.9. The summed E-state index contributed by atoms with van der Waals surface area (Å²) in [4.78, 5) is 14.5. The molecule has 1 aromatic heterocycles. The minimum atomic E-state index is -4.49. The number of hydrogen-bond acceptors (Lipinski definition) is 5. The molecule has 2 aliphatic rings. The molecule has 4 rings (SSSR count). The lowest BCUT2D eigenvalue weighted by atomic mass is 10.0. The van der Waals surface area contributed by atoms with E-state index in [4.69, 9.17) is 0 Å². The minimum Gasteiger partial charge on any atom is -0.320 e. The van der Waals surface area contributed by atoms with E-state index in [2.05, 4.69) is 5.32 Å². The Morgan fingerprint density at radius 1 is 1.16 bits per heavy atom. The second-order valence-corrected chi connectivity index (χ2v) is 11.7. The van der Waals surface area contributed by atoms with Gasteiger partial charge in [-0.2, -0.15) is 29.2 Å². The molecule has 2 amide bonds. The van der Waals surface area contributed by atoms with E-state index in [1.807, 2.05) is 0 Å². The lowest BCUT2D eigenvalue weighted by Crippen LogP contribution is -2.59. The van der Waals surface area contributed by atoms with Crippen LogP contribution in [0.4, 0.5) is 23.7 Å². The molecule has 1 aromatic carbocycles. The Kier molecular flexibility index (Phi) is 6.25. The predicted octanol–water partition coefficient (Wildman–Crippen LogP) is 4.18. The summed E-state index contributed by atoms with van der Waals surface area (Å²) in [5.74, 6) is 0.629. The molecule has 0 saturated carbocycles. The van der Waals surface area contributed by atoms with Gasteiger partial charge >= 0.3 is 12.2 Å². The molecule has 168 valence electrons. The third kappa shape index (κ3) is 4.71. The number of carbonyl (C=O) groups is 1. The molecule has 2 unspecified atom stereocenters. The van der Waals surface area contributed by atoms with Crippen molar-refractivity contribution in [3.63, 3.8) is 0 Å². The zero-order valence-corrected chi connectivity index (χ0v) is 18.7. The number of carbonyl (C=O) groups excluding carboxylic acids is 1. The zero-order valence-electron chi connectivity index (χ0n) is 16.2. The van der Waals surface area contributed by atoms with Crippen LogP contribution >= 0.6 is 23.1 Å². The summed E-state index contributed by atoms with van der Waals surface area (Å²) in [6.45, 7) is 1.03. The van der Waals surface area contributed by atoms with Gasteiger partial charge in [-0.25, -0.2) is 13.2 Å². The highest BCUT2D eigenvalue weighted by atomic mass is 32.2.